The third kappa shape index (κ3) is 3.85. The van der Waals surface area contributed by atoms with Gasteiger partial charge in [-0.2, -0.15) is 0 Å². The third-order valence-corrected chi connectivity index (χ3v) is 5.67. The van der Waals surface area contributed by atoms with Crippen molar-refractivity contribution < 1.29 is 9.53 Å². The van der Waals surface area contributed by atoms with Crippen LogP contribution in [0.1, 0.15) is 10.4 Å². The molecule has 0 unspecified atom stereocenters. The van der Waals surface area contributed by atoms with Crippen LogP contribution in [0.15, 0.2) is 29.4 Å². The quantitative estimate of drug-likeness (QED) is 0.523. The number of aromatic nitrogens is 2. The summed E-state index contributed by atoms with van der Waals surface area (Å²) in [5.41, 5.74) is 7.86. The largest absolute Gasteiger partial charge is 0.497 e. The molecule has 2 heterocycles. The van der Waals surface area contributed by atoms with E-state index in [2.05, 4.69) is 15.3 Å². The number of carbonyl (C=O) groups is 1. The van der Waals surface area contributed by atoms with Gasteiger partial charge in [0, 0.05) is 16.6 Å². The minimum atomic E-state index is -0.140. The SMILES string of the molecule is COc1cccc(NC(=O)CSc2nc(N)c3c(C)c(C)sc3n2)c1. The number of thioether (sulfide) groups is 1. The standard InChI is InChI=1S/C17H18N4O2S2/c1-9-10(2)25-16-14(9)15(18)20-17(21-16)24-8-13(22)19-11-5-4-6-12(7-11)23-3/h4-7H,8H2,1-3H3,(H,19,22)(H2,18,20,21). The molecule has 0 bridgehead atoms. The smallest absolute Gasteiger partial charge is 0.234 e. The van der Waals surface area contributed by atoms with Crippen molar-refractivity contribution in [2.75, 3.05) is 23.9 Å². The molecule has 1 amide bonds. The lowest BCUT2D eigenvalue weighted by molar-refractivity contribution is -0.113. The maximum absolute atomic E-state index is 12.1. The average Bonchev–Trinajstić information content (AvgIpc) is 2.88. The van der Waals surface area contributed by atoms with Gasteiger partial charge in [0.2, 0.25) is 5.91 Å². The van der Waals surface area contributed by atoms with Crippen LogP contribution in [-0.2, 0) is 4.79 Å². The lowest BCUT2D eigenvalue weighted by atomic mass is 10.2. The van der Waals surface area contributed by atoms with Crippen molar-refractivity contribution in [3.05, 3.63) is 34.7 Å². The zero-order valence-corrected chi connectivity index (χ0v) is 15.8. The molecule has 3 N–H and O–H groups in total. The molecule has 6 nitrogen and oxygen atoms in total. The molecule has 0 spiro atoms. The fraction of sp³-hybridized carbons (Fsp3) is 0.235. The predicted molar refractivity (Wildman–Crippen MR) is 104 cm³/mol. The van der Waals surface area contributed by atoms with Gasteiger partial charge in [-0.25, -0.2) is 9.97 Å². The van der Waals surface area contributed by atoms with E-state index >= 15 is 0 Å². The molecule has 2 aromatic heterocycles. The van der Waals surface area contributed by atoms with Crippen molar-refractivity contribution in [2.24, 2.45) is 0 Å². The molecule has 0 fully saturated rings. The molecule has 130 valence electrons. The highest BCUT2D eigenvalue weighted by molar-refractivity contribution is 7.99. The zero-order valence-electron chi connectivity index (χ0n) is 14.1. The number of hydrogen-bond acceptors (Lipinski definition) is 7. The van der Waals surface area contributed by atoms with Crippen molar-refractivity contribution in [3.8, 4) is 5.75 Å². The summed E-state index contributed by atoms with van der Waals surface area (Å²) < 4.78 is 5.14. The Bertz CT molecular complexity index is 940. The number of aryl methyl sites for hydroxylation is 2. The highest BCUT2D eigenvalue weighted by Crippen LogP contribution is 2.33. The summed E-state index contributed by atoms with van der Waals surface area (Å²) in [7, 11) is 1.59. The van der Waals surface area contributed by atoms with E-state index < -0.39 is 0 Å². The number of ether oxygens (including phenoxy) is 1. The topological polar surface area (TPSA) is 90.1 Å². The van der Waals surface area contributed by atoms with E-state index in [1.165, 1.54) is 16.6 Å². The van der Waals surface area contributed by atoms with Gasteiger partial charge in [0.05, 0.1) is 18.2 Å². The summed E-state index contributed by atoms with van der Waals surface area (Å²) in [5, 5.41) is 4.24. The van der Waals surface area contributed by atoms with Gasteiger partial charge >= 0.3 is 0 Å². The molecule has 0 saturated carbocycles. The Morgan fingerprint density at radius 1 is 1.36 bits per heavy atom. The normalized spacial score (nSPS) is 10.8. The van der Waals surface area contributed by atoms with E-state index in [0.29, 0.717) is 22.4 Å². The summed E-state index contributed by atoms with van der Waals surface area (Å²) in [6, 6.07) is 7.21. The van der Waals surface area contributed by atoms with Crippen molar-refractivity contribution in [2.45, 2.75) is 19.0 Å². The van der Waals surface area contributed by atoms with E-state index in [4.69, 9.17) is 10.5 Å². The van der Waals surface area contributed by atoms with E-state index in [0.717, 1.165) is 15.8 Å². The number of nitrogen functional groups attached to an aromatic ring is 1. The van der Waals surface area contributed by atoms with Crippen LogP contribution in [0.4, 0.5) is 11.5 Å². The predicted octanol–water partition coefficient (Wildman–Crippen LogP) is 3.63. The van der Waals surface area contributed by atoms with Crippen LogP contribution < -0.4 is 15.8 Å². The first kappa shape index (κ1) is 17.5. The van der Waals surface area contributed by atoms with Crippen LogP contribution in [0.25, 0.3) is 10.2 Å². The van der Waals surface area contributed by atoms with Crippen LogP contribution in [0.5, 0.6) is 5.75 Å². The van der Waals surface area contributed by atoms with Gasteiger partial charge in [-0.15, -0.1) is 11.3 Å². The molecule has 0 atom stereocenters. The number of benzene rings is 1. The zero-order chi connectivity index (χ0) is 18.0. The summed E-state index contributed by atoms with van der Waals surface area (Å²) in [4.78, 5) is 23.0. The summed E-state index contributed by atoms with van der Waals surface area (Å²) in [5.74, 6) is 1.21. The van der Waals surface area contributed by atoms with Crippen LogP contribution in [0.3, 0.4) is 0 Å². The molecule has 0 saturated heterocycles. The fourth-order valence-corrected chi connectivity index (χ4v) is 4.10. The van der Waals surface area contributed by atoms with Crippen LogP contribution in [-0.4, -0.2) is 28.7 Å². The lowest BCUT2D eigenvalue weighted by Gasteiger charge is -2.07. The van der Waals surface area contributed by atoms with Crippen molar-refractivity contribution in [3.63, 3.8) is 0 Å². The van der Waals surface area contributed by atoms with Gasteiger partial charge < -0.3 is 15.8 Å². The number of methoxy groups -OCH3 is 1. The number of nitrogens with one attached hydrogen (secondary N) is 1. The molecule has 8 heteroatoms. The first-order chi connectivity index (χ1) is 12.0. The Kier molecular flexibility index (Phi) is 5.10. The molecular formula is C17H18N4O2S2. The van der Waals surface area contributed by atoms with Gasteiger partial charge in [0.1, 0.15) is 16.4 Å². The maximum Gasteiger partial charge on any atom is 0.234 e. The second kappa shape index (κ2) is 7.28. The minimum Gasteiger partial charge on any atom is -0.497 e. The van der Waals surface area contributed by atoms with Gasteiger partial charge in [0.15, 0.2) is 5.16 Å². The number of nitrogens with zero attached hydrogens (tertiary/aromatic N) is 2. The Hall–Kier alpha value is -2.32. The van der Waals surface area contributed by atoms with Crippen molar-refractivity contribution in [1.29, 1.82) is 0 Å². The summed E-state index contributed by atoms with van der Waals surface area (Å²) in [6.45, 7) is 4.05. The molecule has 25 heavy (non-hydrogen) atoms. The minimum absolute atomic E-state index is 0.140. The molecule has 0 aliphatic heterocycles. The molecule has 0 aliphatic carbocycles. The monoisotopic (exact) mass is 374 g/mol. The van der Waals surface area contributed by atoms with Crippen LogP contribution in [0.2, 0.25) is 0 Å². The highest BCUT2D eigenvalue weighted by Gasteiger charge is 2.14. The van der Waals surface area contributed by atoms with E-state index in [1.54, 1.807) is 24.5 Å². The molecule has 3 aromatic rings. The molecule has 3 rings (SSSR count). The second-order valence-electron chi connectivity index (χ2n) is 5.42. The number of rotatable bonds is 5. The van der Waals surface area contributed by atoms with Gasteiger partial charge in [-0.1, -0.05) is 17.8 Å². The number of carbonyl (C=O) groups excluding carboxylic acids is 1. The number of amides is 1. The highest BCUT2D eigenvalue weighted by atomic mass is 32.2. The van der Waals surface area contributed by atoms with Gasteiger partial charge in [0.25, 0.3) is 0 Å². The Balaban J connectivity index is 1.68. The van der Waals surface area contributed by atoms with Gasteiger partial charge in [-0.3, -0.25) is 4.79 Å². The number of thiophene rings is 1. The first-order valence-corrected chi connectivity index (χ1v) is 9.38. The molecule has 0 aliphatic rings. The maximum atomic E-state index is 12.1. The fourth-order valence-electron chi connectivity index (χ4n) is 2.35. The van der Waals surface area contributed by atoms with Crippen LogP contribution in [0, 0.1) is 13.8 Å². The first-order valence-electron chi connectivity index (χ1n) is 7.58. The Labute approximate surface area is 153 Å². The number of fused-ring (bicyclic) bond motifs is 1. The summed E-state index contributed by atoms with van der Waals surface area (Å²) >= 11 is 2.85. The Morgan fingerprint density at radius 2 is 2.16 bits per heavy atom. The average molecular weight is 374 g/mol. The number of anilines is 2. The lowest BCUT2D eigenvalue weighted by Crippen LogP contribution is -2.14. The van der Waals surface area contributed by atoms with E-state index in [-0.39, 0.29) is 11.7 Å². The summed E-state index contributed by atoms with van der Waals surface area (Å²) in [6.07, 6.45) is 0. The van der Waals surface area contributed by atoms with Crippen molar-refractivity contribution in [1.82, 2.24) is 9.97 Å². The Morgan fingerprint density at radius 3 is 2.92 bits per heavy atom. The van der Waals surface area contributed by atoms with Crippen molar-refractivity contribution >= 4 is 50.7 Å². The number of nitrogens with two attached hydrogens (primary N) is 1. The van der Waals surface area contributed by atoms with Gasteiger partial charge in [-0.05, 0) is 31.5 Å². The van der Waals surface area contributed by atoms with Crippen LogP contribution >= 0.6 is 23.1 Å². The van der Waals surface area contributed by atoms with E-state index in [1.807, 2.05) is 32.0 Å². The third-order valence-electron chi connectivity index (χ3n) is 3.72. The number of hydrogen-bond donors (Lipinski definition) is 2. The molecule has 0 radical (unpaired) electrons. The molecular weight excluding hydrogens is 356 g/mol. The second-order valence-corrected chi connectivity index (χ2v) is 7.57. The van der Waals surface area contributed by atoms with E-state index in [9.17, 15) is 4.79 Å². The molecule has 1 aromatic carbocycles.